The average molecular weight is 630 g/mol. The number of nitrogens with zero attached hydrogens (tertiary/aromatic N) is 2. The molecule has 5 N–H and O–H groups in total. The van der Waals surface area contributed by atoms with Gasteiger partial charge in [0, 0.05) is 0 Å². The predicted molar refractivity (Wildman–Crippen MR) is 144 cm³/mol. The number of amides is 2. The standard InChI is InChI=1S/C25H34N4O8SSe/c1-25(2,3)37-24(35)27-16(13-15-7-5-4-6-8-15)21(33)26-10-12-39-38-18-9-11-29(23(34)28-18)22-20(32)19(31)17(14-30)36-22/h4-9,11,16-17,19-20,22,30-32H,10,12-14H2,1-3H3,(H,26,33)(H,27,35)/t16-,17+,19+,20+,22+/m0/s1. The van der Waals surface area contributed by atoms with Gasteiger partial charge in [0.25, 0.3) is 0 Å². The molecule has 39 heavy (non-hydrogen) atoms. The molecule has 0 radical (unpaired) electrons. The first kappa shape index (κ1) is 31.1. The molecule has 1 saturated heterocycles. The van der Waals surface area contributed by atoms with E-state index in [-0.39, 0.29) is 19.7 Å². The van der Waals surface area contributed by atoms with E-state index in [1.165, 1.54) is 16.4 Å². The number of carbonyl (C=O) groups is 2. The molecule has 14 heteroatoms. The van der Waals surface area contributed by atoms with Gasteiger partial charge in [-0.05, 0) is 0 Å². The van der Waals surface area contributed by atoms with Crippen LogP contribution in [0, 0.1) is 0 Å². The fourth-order valence-electron chi connectivity index (χ4n) is 3.70. The summed E-state index contributed by atoms with van der Waals surface area (Å²) in [5.41, 5.74) is -0.457. The number of aromatic nitrogens is 2. The Labute approximate surface area is 235 Å². The molecule has 5 atom stereocenters. The van der Waals surface area contributed by atoms with E-state index in [4.69, 9.17) is 9.47 Å². The molecule has 1 aliphatic heterocycles. The number of nitrogens with one attached hydrogen (secondary N) is 2. The third-order valence-corrected chi connectivity index (χ3v) is 9.49. The molecular weight excluding hydrogens is 595 g/mol. The van der Waals surface area contributed by atoms with Crippen molar-refractivity contribution in [2.45, 2.75) is 73.7 Å². The summed E-state index contributed by atoms with van der Waals surface area (Å²) in [6.07, 6.45) is -3.76. The van der Waals surface area contributed by atoms with E-state index in [0.717, 1.165) is 10.1 Å². The Balaban J connectivity index is 1.49. The number of aliphatic hydroxyl groups excluding tert-OH is 3. The van der Waals surface area contributed by atoms with Crippen LogP contribution in [0.25, 0.3) is 0 Å². The maximum atomic E-state index is 12.9. The second kappa shape index (κ2) is 14.3. The SMILES string of the molecule is CC(C)(C)OC(=O)N[C@@H](Cc1ccccc1)C(=O)NCC[Se]Sc1ccn([C@@H]2O[C@H](CO)[C@@H](O)[C@H]2O)c(=O)n1. The summed E-state index contributed by atoms with van der Waals surface area (Å²) in [6, 6.07) is 10.1. The van der Waals surface area contributed by atoms with Crippen molar-refractivity contribution in [3.05, 3.63) is 58.6 Å². The summed E-state index contributed by atoms with van der Waals surface area (Å²) in [5, 5.41) is 35.9. The van der Waals surface area contributed by atoms with E-state index in [9.17, 15) is 29.7 Å². The van der Waals surface area contributed by atoms with Crippen LogP contribution in [0.5, 0.6) is 0 Å². The Morgan fingerprint density at radius 1 is 1.21 bits per heavy atom. The van der Waals surface area contributed by atoms with Crippen LogP contribution < -0.4 is 16.3 Å². The molecule has 2 amide bonds. The molecule has 0 spiro atoms. The van der Waals surface area contributed by atoms with Gasteiger partial charge in [0.15, 0.2) is 0 Å². The number of aliphatic hydroxyl groups is 3. The van der Waals surface area contributed by atoms with E-state index in [0.29, 0.717) is 23.3 Å². The van der Waals surface area contributed by atoms with Crippen LogP contribution in [0.4, 0.5) is 4.79 Å². The van der Waals surface area contributed by atoms with Crippen LogP contribution in [0.2, 0.25) is 5.32 Å². The van der Waals surface area contributed by atoms with Crippen molar-refractivity contribution in [2.24, 2.45) is 0 Å². The minimum atomic E-state index is -1.37. The van der Waals surface area contributed by atoms with Crippen molar-refractivity contribution >= 4 is 36.0 Å². The quantitative estimate of drug-likeness (QED) is 0.132. The molecule has 3 rings (SSSR count). The summed E-state index contributed by atoms with van der Waals surface area (Å²) in [4.78, 5) is 41.6. The van der Waals surface area contributed by atoms with Crippen LogP contribution in [0.3, 0.4) is 0 Å². The van der Waals surface area contributed by atoms with Gasteiger partial charge in [0.1, 0.15) is 0 Å². The number of hydrogen-bond donors (Lipinski definition) is 5. The molecular formula is C25H34N4O8SSe. The number of benzene rings is 1. The normalized spacial score (nSPS) is 21.8. The summed E-state index contributed by atoms with van der Waals surface area (Å²) in [5.74, 6) is -0.329. The molecule has 214 valence electrons. The average Bonchev–Trinajstić information content (AvgIpc) is 3.16. The summed E-state index contributed by atoms with van der Waals surface area (Å²) >= 11 is -0.0615. The van der Waals surface area contributed by atoms with Crippen LogP contribution in [-0.2, 0) is 20.7 Å². The van der Waals surface area contributed by atoms with Gasteiger partial charge in [0.05, 0.1) is 0 Å². The Hall–Kier alpha value is -2.45. The molecule has 12 nitrogen and oxygen atoms in total. The van der Waals surface area contributed by atoms with E-state index in [2.05, 4.69) is 15.6 Å². The van der Waals surface area contributed by atoms with Gasteiger partial charge in [-0.3, -0.25) is 0 Å². The first-order valence-electron chi connectivity index (χ1n) is 12.3. The molecule has 2 heterocycles. The van der Waals surface area contributed by atoms with Crippen LogP contribution in [-0.4, -0.2) is 93.8 Å². The van der Waals surface area contributed by atoms with Crippen molar-refractivity contribution < 1.29 is 34.4 Å². The Morgan fingerprint density at radius 2 is 1.92 bits per heavy atom. The Bertz CT molecular complexity index is 1160. The maximum absolute atomic E-state index is 12.9. The number of carbonyl (C=O) groups excluding carboxylic acids is 2. The molecule has 0 saturated carbocycles. The molecule has 0 aliphatic carbocycles. The fourth-order valence-corrected chi connectivity index (χ4v) is 6.82. The first-order valence-corrected chi connectivity index (χ1v) is 16.4. The van der Waals surface area contributed by atoms with Gasteiger partial charge in [-0.25, -0.2) is 0 Å². The van der Waals surface area contributed by atoms with Gasteiger partial charge >= 0.3 is 236 Å². The van der Waals surface area contributed by atoms with Crippen LogP contribution in [0.1, 0.15) is 32.6 Å². The van der Waals surface area contributed by atoms with Gasteiger partial charge in [-0.1, -0.05) is 0 Å². The number of alkyl carbamates (subject to hydrolysis) is 1. The van der Waals surface area contributed by atoms with E-state index >= 15 is 0 Å². The minimum absolute atomic E-state index is 0.0615. The molecule has 1 aliphatic rings. The molecule has 1 aromatic heterocycles. The van der Waals surface area contributed by atoms with Crippen molar-refractivity contribution in [1.82, 2.24) is 20.2 Å². The number of ether oxygens (including phenoxy) is 2. The van der Waals surface area contributed by atoms with Crippen LogP contribution >= 0.6 is 10.2 Å². The van der Waals surface area contributed by atoms with Gasteiger partial charge in [-0.15, -0.1) is 0 Å². The molecule has 2 aromatic rings. The summed E-state index contributed by atoms with van der Waals surface area (Å²) < 4.78 is 11.8. The second-order valence-electron chi connectivity index (χ2n) is 9.77. The van der Waals surface area contributed by atoms with Crippen molar-refractivity contribution in [3.8, 4) is 0 Å². The van der Waals surface area contributed by atoms with E-state index in [1.807, 2.05) is 30.3 Å². The van der Waals surface area contributed by atoms with E-state index < -0.39 is 54.6 Å². The van der Waals surface area contributed by atoms with E-state index in [1.54, 1.807) is 26.8 Å². The predicted octanol–water partition coefficient (Wildman–Crippen LogP) is 0.237. The zero-order chi connectivity index (χ0) is 28.6. The van der Waals surface area contributed by atoms with Gasteiger partial charge in [0.2, 0.25) is 0 Å². The number of hydrogen-bond acceptors (Lipinski definition) is 10. The number of rotatable bonds is 11. The third-order valence-electron chi connectivity index (χ3n) is 5.51. The molecule has 0 bridgehead atoms. The first-order chi connectivity index (χ1) is 18.5. The molecule has 0 unspecified atom stereocenters. The molecule has 1 fully saturated rings. The van der Waals surface area contributed by atoms with Crippen molar-refractivity contribution in [3.63, 3.8) is 0 Å². The molecule has 1 aromatic carbocycles. The fraction of sp³-hybridized carbons (Fsp3) is 0.520. The third kappa shape index (κ3) is 9.31. The monoisotopic (exact) mass is 630 g/mol. The zero-order valence-electron chi connectivity index (χ0n) is 21.9. The van der Waals surface area contributed by atoms with Crippen molar-refractivity contribution in [2.75, 3.05) is 13.2 Å². The van der Waals surface area contributed by atoms with Crippen LogP contribution in [0.15, 0.2) is 52.4 Å². The summed E-state index contributed by atoms with van der Waals surface area (Å²) in [7, 11) is 1.38. The van der Waals surface area contributed by atoms with Crippen molar-refractivity contribution in [1.29, 1.82) is 0 Å². The van der Waals surface area contributed by atoms with Gasteiger partial charge in [-0.2, -0.15) is 0 Å². The topological polar surface area (TPSA) is 172 Å². The summed E-state index contributed by atoms with van der Waals surface area (Å²) in [6.45, 7) is 5.12. The zero-order valence-corrected chi connectivity index (χ0v) is 24.4. The Kier molecular flexibility index (Phi) is 11.4. The Morgan fingerprint density at radius 3 is 2.54 bits per heavy atom. The second-order valence-corrected chi connectivity index (χ2v) is 14.0. The van der Waals surface area contributed by atoms with Gasteiger partial charge < -0.3 is 0 Å².